The van der Waals surface area contributed by atoms with Crippen LogP contribution in [0.3, 0.4) is 0 Å². The van der Waals surface area contributed by atoms with Crippen LogP contribution in [0.2, 0.25) is 0 Å². The summed E-state index contributed by atoms with van der Waals surface area (Å²) in [4.78, 5) is 15.9. The maximum atomic E-state index is 11.9. The summed E-state index contributed by atoms with van der Waals surface area (Å²) in [7, 11) is 0. The maximum Gasteiger partial charge on any atom is 0.293 e. The molecule has 1 heterocycles. The number of aromatic nitrogens is 2. The molecule has 1 aromatic rings. The van der Waals surface area contributed by atoms with Gasteiger partial charge in [0, 0.05) is 25.5 Å². The largest absolute Gasteiger partial charge is 0.393 e. The predicted molar refractivity (Wildman–Crippen MR) is 66.0 cm³/mol. The lowest BCUT2D eigenvalue weighted by atomic mass is 10.1. The highest BCUT2D eigenvalue weighted by Crippen LogP contribution is 2.25. The number of aryl methyl sites for hydroxylation is 1. The molecule has 5 heteroatoms. The van der Waals surface area contributed by atoms with Crippen molar-refractivity contribution in [1.29, 1.82) is 0 Å². The highest BCUT2D eigenvalue weighted by Gasteiger charge is 2.22. The highest BCUT2D eigenvalue weighted by atomic mass is 16.3. The molecule has 0 bridgehead atoms. The molecule has 0 spiro atoms. The van der Waals surface area contributed by atoms with Crippen LogP contribution in [-0.4, -0.2) is 27.3 Å². The fourth-order valence-electron chi connectivity index (χ4n) is 2.29. The lowest BCUT2D eigenvalue weighted by molar-refractivity contribution is 0.178. The van der Waals surface area contributed by atoms with Crippen molar-refractivity contribution in [2.24, 2.45) is 5.92 Å². The number of aliphatic hydroxyl groups is 1. The molecule has 2 atom stereocenters. The van der Waals surface area contributed by atoms with Gasteiger partial charge in [0.1, 0.15) is 0 Å². The van der Waals surface area contributed by atoms with Gasteiger partial charge < -0.3 is 15.0 Å². The Balaban J connectivity index is 1.97. The summed E-state index contributed by atoms with van der Waals surface area (Å²) in [5.41, 5.74) is -0.0754. The minimum Gasteiger partial charge on any atom is -0.393 e. The van der Waals surface area contributed by atoms with Gasteiger partial charge in [-0.15, -0.1) is 0 Å². The third kappa shape index (κ3) is 2.85. The van der Waals surface area contributed by atoms with E-state index in [0.717, 1.165) is 19.3 Å². The Morgan fingerprint density at radius 3 is 3.06 bits per heavy atom. The molecule has 0 amide bonds. The summed E-state index contributed by atoms with van der Waals surface area (Å²) >= 11 is 0. The van der Waals surface area contributed by atoms with E-state index in [9.17, 15) is 9.90 Å². The van der Waals surface area contributed by atoms with Crippen molar-refractivity contribution in [1.82, 2.24) is 9.55 Å². The molecule has 1 saturated carbocycles. The maximum absolute atomic E-state index is 11.9. The van der Waals surface area contributed by atoms with Gasteiger partial charge in [-0.05, 0) is 32.1 Å². The normalized spacial score (nSPS) is 23.9. The Morgan fingerprint density at radius 2 is 2.41 bits per heavy atom. The average molecular weight is 237 g/mol. The van der Waals surface area contributed by atoms with Crippen molar-refractivity contribution in [3.63, 3.8) is 0 Å². The zero-order chi connectivity index (χ0) is 12.3. The van der Waals surface area contributed by atoms with Crippen LogP contribution in [0.4, 0.5) is 5.82 Å². The van der Waals surface area contributed by atoms with E-state index < -0.39 is 0 Å². The number of rotatable bonds is 4. The number of nitrogens with zero attached hydrogens (tertiary/aromatic N) is 2. The molecule has 2 N–H and O–H groups in total. The van der Waals surface area contributed by atoms with E-state index in [4.69, 9.17) is 0 Å². The average Bonchev–Trinajstić information content (AvgIpc) is 2.74. The summed E-state index contributed by atoms with van der Waals surface area (Å²) in [6, 6.07) is 0. The van der Waals surface area contributed by atoms with Gasteiger partial charge in [-0.1, -0.05) is 0 Å². The lowest BCUT2D eigenvalue weighted by Crippen LogP contribution is -2.25. The Bertz CT molecular complexity index is 430. The summed E-state index contributed by atoms with van der Waals surface area (Å²) in [6.45, 7) is 3.30. The Labute approximate surface area is 100 Å². The molecule has 0 radical (unpaired) electrons. The van der Waals surface area contributed by atoms with Crippen LogP contribution in [-0.2, 0) is 6.54 Å². The first-order valence-electron chi connectivity index (χ1n) is 6.18. The van der Waals surface area contributed by atoms with E-state index in [0.29, 0.717) is 24.8 Å². The second kappa shape index (κ2) is 5.31. The van der Waals surface area contributed by atoms with Crippen LogP contribution in [0.15, 0.2) is 17.2 Å². The molecule has 94 valence electrons. The molecule has 1 aliphatic rings. The molecule has 0 saturated heterocycles. The van der Waals surface area contributed by atoms with Gasteiger partial charge in [-0.25, -0.2) is 4.98 Å². The molecule has 1 aromatic heterocycles. The summed E-state index contributed by atoms with van der Waals surface area (Å²) in [5.74, 6) is 0.859. The van der Waals surface area contributed by atoms with Gasteiger partial charge in [0.05, 0.1) is 6.10 Å². The van der Waals surface area contributed by atoms with E-state index in [2.05, 4.69) is 10.3 Å². The third-order valence-electron chi connectivity index (χ3n) is 3.33. The van der Waals surface area contributed by atoms with Crippen LogP contribution in [0.5, 0.6) is 0 Å². The van der Waals surface area contributed by atoms with Gasteiger partial charge in [0.2, 0.25) is 0 Å². The van der Waals surface area contributed by atoms with Crippen molar-refractivity contribution < 1.29 is 5.11 Å². The van der Waals surface area contributed by atoms with E-state index >= 15 is 0 Å². The monoisotopic (exact) mass is 237 g/mol. The number of hydrogen-bond acceptors (Lipinski definition) is 4. The predicted octanol–water partition coefficient (Wildman–Crippen LogP) is 0.836. The smallest absolute Gasteiger partial charge is 0.293 e. The number of nitrogens with one attached hydrogen (secondary N) is 1. The van der Waals surface area contributed by atoms with E-state index in [1.807, 2.05) is 6.92 Å². The van der Waals surface area contributed by atoms with Crippen molar-refractivity contribution in [3.05, 3.63) is 22.7 Å². The standard InChI is InChI=1S/C12H19N3O2/c1-2-15-6-5-13-11(12(15)17)14-8-9-3-4-10(16)7-9/h5-6,9-10,16H,2-4,7-8H2,1H3,(H,13,14). The second-order valence-electron chi connectivity index (χ2n) is 4.58. The number of aliphatic hydroxyl groups excluding tert-OH is 1. The highest BCUT2D eigenvalue weighted by molar-refractivity contribution is 5.30. The first-order chi connectivity index (χ1) is 8.20. The van der Waals surface area contributed by atoms with E-state index in [-0.39, 0.29) is 11.7 Å². The van der Waals surface area contributed by atoms with Gasteiger partial charge in [-0.2, -0.15) is 0 Å². The zero-order valence-electron chi connectivity index (χ0n) is 10.1. The van der Waals surface area contributed by atoms with Crippen molar-refractivity contribution in [2.75, 3.05) is 11.9 Å². The van der Waals surface area contributed by atoms with E-state index in [1.54, 1.807) is 17.0 Å². The molecule has 0 aromatic carbocycles. The first-order valence-corrected chi connectivity index (χ1v) is 6.18. The van der Waals surface area contributed by atoms with Gasteiger partial charge in [-0.3, -0.25) is 4.79 Å². The van der Waals surface area contributed by atoms with Crippen LogP contribution in [0.25, 0.3) is 0 Å². The van der Waals surface area contributed by atoms with Crippen molar-refractivity contribution in [2.45, 2.75) is 38.8 Å². The zero-order valence-corrected chi connectivity index (χ0v) is 10.1. The molecule has 0 aliphatic heterocycles. The summed E-state index contributed by atoms with van der Waals surface area (Å²) in [6.07, 6.45) is 5.86. The van der Waals surface area contributed by atoms with Crippen LogP contribution < -0.4 is 10.9 Å². The summed E-state index contributed by atoms with van der Waals surface area (Å²) < 4.78 is 1.62. The molecular formula is C12H19N3O2. The second-order valence-corrected chi connectivity index (χ2v) is 4.58. The number of hydrogen-bond donors (Lipinski definition) is 2. The number of anilines is 1. The molecule has 2 rings (SSSR count). The molecule has 2 unspecified atom stereocenters. The Morgan fingerprint density at radius 1 is 1.59 bits per heavy atom. The molecule has 1 fully saturated rings. The van der Waals surface area contributed by atoms with E-state index in [1.165, 1.54) is 0 Å². The van der Waals surface area contributed by atoms with Gasteiger partial charge >= 0.3 is 0 Å². The minimum absolute atomic E-state index is 0.0754. The molecule has 5 nitrogen and oxygen atoms in total. The molecular weight excluding hydrogens is 218 g/mol. The fourth-order valence-corrected chi connectivity index (χ4v) is 2.29. The van der Waals surface area contributed by atoms with Crippen molar-refractivity contribution in [3.8, 4) is 0 Å². The van der Waals surface area contributed by atoms with Crippen LogP contribution >= 0.6 is 0 Å². The lowest BCUT2D eigenvalue weighted by Gasteiger charge is -2.11. The topological polar surface area (TPSA) is 67.2 Å². The fraction of sp³-hybridized carbons (Fsp3) is 0.667. The van der Waals surface area contributed by atoms with Crippen LogP contribution in [0.1, 0.15) is 26.2 Å². The SMILES string of the molecule is CCn1ccnc(NCC2CCC(O)C2)c1=O. The summed E-state index contributed by atoms with van der Waals surface area (Å²) in [5, 5.41) is 12.5. The molecule has 1 aliphatic carbocycles. The molecule has 17 heavy (non-hydrogen) atoms. The first kappa shape index (κ1) is 12.1. The minimum atomic E-state index is -0.169. The quantitative estimate of drug-likeness (QED) is 0.814. The Kier molecular flexibility index (Phi) is 3.78. The van der Waals surface area contributed by atoms with Gasteiger partial charge in [0.25, 0.3) is 5.56 Å². The third-order valence-corrected chi connectivity index (χ3v) is 3.33. The Hall–Kier alpha value is -1.36. The van der Waals surface area contributed by atoms with Crippen LogP contribution in [0, 0.1) is 5.92 Å². The van der Waals surface area contributed by atoms with Crippen molar-refractivity contribution >= 4 is 5.82 Å². The van der Waals surface area contributed by atoms with Gasteiger partial charge in [0.15, 0.2) is 5.82 Å².